The molecule has 1 aromatic carbocycles. The van der Waals surface area contributed by atoms with Crippen LogP contribution in [0.25, 0.3) is 0 Å². The predicted octanol–water partition coefficient (Wildman–Crippen LogP) is 4.20. The van der Waals surface area contributed by atoms with E-state index in [-0.39, 0.29) is 0 Å². The average molecular weight is 337 g/mol. The van der Waals surface area contributed by atoms with Crippen LogP contribution in [0.1, 0.15) is 38.5 Å². The quantitative estimate of drug-likeness (QED) is 0.906. The van der Waals surface area contributed by atoms with Gasteiger partial charge < -0.3 is 15.1 Å². The summed E-state index contributed by atoms with van der Waals surface area (Å²) in [5.41, 5.74) is 2.39. The first-order valence-electron chi connectivity index (χ1n) is 9.57. The van der Waals surface area contributed by atoms with E-state index in [4.69, 9.17) is 0 Å². The summed E-state index contributed by atoms with van der Waals surface area (Å²) in [4.78, 5) is 13.7. The van der Waals surface area contributed by atoms with E-state index < -0.39 is 0 Å². The highest BCUT2D eigenvalue weighted by molar-refractivity contribution is 5.62. The van der Waals surface area contributed by atoms with Gasteiger partial charge in [0, 0.05) is 43.6 Å². The van der Waals surface area contributed by atoms with Crippen molar-refractivity contribution in [3.05, 3.63) is 36.7 Å². The summed E-state index contributed by atoms with van der Waals surface area (Å²) in [7, 11) is 0. The minimum absolute atomic E-state index is 0.862. The third-order valence-corrected chi connectivity index (χ3v) is 5.19. The van der Waals surface area contributed by atoms with Crippen LogP contribution in [0, 0.1) is 0 Å². The van der Waals surface area contributed by atoms with Crippen molar-refractivity contribution in [1.29, 1.82) is 0 Å². The molecule has 25 heavy (non-hydrogen) atoms. The summed E-state index contributed by atoms with van der Waals surface area (Å²) >= 11 is 0. The lowest BCUT2D eigenvalue weighted by atomic mass is 10.1. The van der Waals surface area contributed by atoms with E-state index in [9.17, 15) is 0 Å². The highest BCUT2D eigenvalue weighted by Gasteiger charge is 2.13. The Balaban J connectivity index is 1.43. The summed E-state index contributed by atoms with van der Waals surface area (Å²) in [6, 6.07) is 10.8. The molecule has 1 N–H and O–H groups in total. The first kappa shape index (κ1) is 16.2. The molecule has 0 amide bonds. The maximum Gasteiger partial charge on any atom is 0.135 e. The fraction of sp³-hybridized carbons (Fsp3) is 0.500. The van der Waals surface area contributed by atoms with Gasteiger partial charge in [0.1, 0.15) is 18.0 Å². The zero-order chi connectivity index (χ0) is 16.9. The number of rotatable bonds is 4. The molecule has 132 valence electrons. The third kappa shape index (κ3) is 4.03. The number of hydrogen-bond donors (Lipinski definition) is 1. The largest absolute Gasteiger partial charge is 0.372 e. The highest BCUT2D eigenvalue weighted by Crippen LogP contribution is 2.24. The molecule has 0 atom stereocenters. The van der Waals surface area contributed by atoms with Gasteiger partial charge in [0.15, 0.2) is 0 Å². The number of hydrogen-bond acceptors (Lipinski definition) is 5. The molecule has 2 aliphatic rings. The van der Waals surface area contributed by atoms with E-state index in [1.165, 1.54) is 57.3 Å². The molecule has 0 unspecified atom stereocenters. The number of piperidine rings is 2. The molecule has 5 nitrogen and oxygen atoms in total. The minimum Gasteiger partial charge on any atom is -0.372 e. The van der Waals surface area contributed by atoms with Gasteiger partial charge in [0.25, 0.3) is 0 Å². The van der Waals surface area contributed by atoms with Gasteiger partial charge in [-0.2, -0.15) is 0 Å². The summed E-state index contributed by atoms with van der Waals surface area (Å²) in [5.74, 6) is 1.89. The van der Waals surface area contributed by atoms with Crippen molar-refractivity contribution < 1.29 is 0 Å². The van der Waals surface area contributed by atoms with Crippen LogP contribution >= 0.6 is 0 Å². The van der Waals surface area contributed by atoms with E-state index in [1.54, 1.807) is 6.33 Å². The molecule has 2 saturated heterocycles. The molecule has 2 aromatic rings. The van der Waals surface area contributed by atoms with Gasteiger partial charge in [-0.05, 0) is 62.8 Å². The zero-order valence-electron chi connectivity index (χ0n) is 14.8. The van der Waals surface area contributed by atoms with E-state index in [0.717, 1.165) is 30.4 Å². The number of anilines is 4. The Morgan fingerprint density at radius 2 is 1.36 bits per heavy atom. The van der Waals surface area contributed by atoms with Crippen molar-refractivity contribution in [2.24, 2.45) is 0 Å². The summed E-state index contributed by atoms with van der Waals surface area (Å²) in [6.45, 7) is 4.55. The van der Waals surface area contributed by atoms with Crippen molar-refractivity contribution in [3.63, 3.8) is 0 Å². The molecule has 0 saturated carbocycles. The number of nitrogens with zero attached hydrogens (tertiary/aromatic N) is 4. The highest BCUT2D eigenvalue weighted by atomic mass is 15.2. The molecule has 2 aliphatic heterocycles. The number of benzene rings is 1. The number of aromatic nitrogens is 2. The first-order chi connectivity index (χ1) is 12.4. The number of nitrogens with one attached hydrogen (secondary N) is 1. The third-order valence-electron chi connectivity index (χ3n) is 5.19. The van der Waals surface area contributed by atoms with E-state index in [0.29, 0.717) is 0 Å². The normalized spacial score (nSPS) is 18.2. The standard InChI is InChI=1S/C20H27N5/c1-3-11-24(12-4-1)18-9-7-17(8-10-18)23-19-15-20(22-16-21-19)25-13-5-2-6-14-25/h7-10,15-16H,1-6,11-14H2,(H,21,22,23). The van der Waals surface area contributed by atoms with Gasteiger partial charge in [-0.25, -0.2) is 9.97 Å². The van der Waals surface area contributed by atoms with Crippen LogP contribution in [0.5, 0.6) is 0 Å². The topological polar surface area (TPSA) is 44.3 Å². The Kier molecular flexibility index (Phi) is 5.00. The molecule has 0 spiro atoms. The summed E-state index contributed by atoms with van der Waals surface area (Å²) in [6.07, 6.45) is 9.48. The van der Waals surface area contributed by atoms with Gasteiger partial charge in [0.2, 0.25) is 0 Å². The molecule has 0 bridgehead atoms. The van der Waals surface area contributed by atoms with Crippen LogP contribution < -0.4 is 15.1 Å². The molecule has 1 aromatic heterocycles. The SMILES string of the molecule is c1nc(Nc2ccc(N3CCCCC3)cc2)cc(N2CCCCC2)n1. The Bertz CT molecular complexity index is 673. The van der Waals surface area contributed by atoms with E-state index >= 15 is 0 Å². The van der Waals surface area contributed by atoms with Crippen LogP contribution in [0.3, 0.4) is 0 Å². The van der Waals surface area contributed by atoms with E-state index in [1.807, 2.05) is 0 Å². The Labute approximate surface area is 150 Å². The van der Waals surface area contributed by atoms with Gasteiger partial charge in [0.05, 0.1) is 0 Å². The fourth-order valence-electron chi connectivity index (χ4n) is 3.77. The van der Waals surface area contributed by atoms with Crippen molar-refractivity contribution in [2.75, 3.05) is 41.3 Å². The lowest BCUT2D eigenvalue weighted by Crippen LogP contribution is -2.30. The second-order valence-electron chi connectivity index (χ2n) is 7.03. The molecule has 2 fully saturated rings. The molecular formula is C20H27N5. The molecule has 3 heterocycles. The Morgan fingerprint density at radius 3 is 2.04 bits per heavy atom. The smallest absolute Gasteiger partial charge is 0.135 e. The monoisotopic (exact) mass is 337 g/mol. The van der Waals surface area contributed by atoms with Crippen LogP contribution in [0.2, 0.25) is 0 Å². The van der Waals surface area contributed by atoms with Gasteiger partial charge in [-0.1, -0.05) is 0 Å². The van der Waals surface area contributed by atoms with Crippen molar-refractivity contribution in [2.45, 2.75) is 38.5 Å². The Hall–Kier alpha value is -2.30. The summed E-state index contributed by atoms with van der Waals surface area (Å²) in [5, 5.41) is 3.42. The van der Waals surface area contributed by atoms with Gasteiger partial charge >= 0.3 is 0 Å². The van der Waals surface area contributed by atoms with Crippen LogP contribution in [0.15, 0.2) is 36.7 Å². The predicted molar refractivity (Wildman–Crippen MR) is 104 cm³/mol. The average Bonchev–Trinajstić information content (AvgIpc) is 2.70. The minimum atomic E-state index is 0.862. The molecular weight excluding hydrogens is 310 g/mol. The Morgan fingerprint density at radius 1 is 0.720 bits per heavy atom. The van der Waals surface area contributed by atoms with Crippen molar-refractivity contribution in [3.8, 4) is 0 Å². The lowest BCUT2D eigenvalue weighted by molar-refractivity contribution is 0.573. The van der Waals surface area contributed by atoms with Gasteiger partial charge in [-0.15, -0.1) is 0 Å². The molecule has 0 radical (unpaired) electrons. The van der Waals surface area contributed by atoms with E-state index in [2.05, 4.69) is 55.4 Å². The van der Waals surface area contributed by atoms with Gasteiger partial charge in [-0.3, -0.25) is 0 Å². The summed E-state index contributed by atoms with van der Waals surface area (Å²) < 4.78 is 0. The van der Waals surface area contributed by atoms with Crippen molar-refractivity contribution in [1.82, 2.24) is 9.97 Å². The maximum absolute atomic E-state index is 4.45. The van der Waals surface area contributed by atoms with Crippen LogP contribution in [0.4, 0.5) is 23.0 Å². The fourth-order valence-corrected chi connectivity index (χ4v) is 3.77. The van der Waals surface area contributed by atoms with Crippen molar-refractivity contribution >= 4 is 23.0 Å². The van der Waals surface area contributed by atoms with Crippen LogP contribution in [-0.4, -0.2) is 36.1 Å². The first-order valence-corrected chi connectivity index (χ1v) is 9.57. The second kappa shape index (κ2) is 7.72. The zero-order valence-corrected chi connectivity index (χ0v) is 14.8. The maximum atomic E-state index is 4.45. The molecule has 4 rings (SSSR count). The second-order valence-corrected chi connectivity index (χ2v) is 7.03. The van der Waals surface area contributed by atoms with Crippen LogP contribution in [-0.2, 0) is 0 Å². The molecule has 0 aliphatic carbocycles. The lowest BCUT2D eigenvalue weighted by Gasteiger charge is -2.29. The molecule has 5 heteroatoms.